The number of hydrogen-bond donors (Lipinski definition) is 2. The lowest BCUT2D eigenvalue weighted by molar-refractivity contribution is -0.188. The molecule has 0 aliphatic carbocycles. The van der Waals surface area contributed by atoms with E-state index in [-0.39, 0.29) is 49.2 Å². The topological polar surface area (TPSA) is 44.7 Å². The maximum absolute atomic E-state index is 13.5. The van der Waals surface area contributed by atoms with Crippen LogP contribution >= 0.6 is 24.8 Å². The lowest BCUT2D eigenvalue weighted by Gasteiger charge is -2.36. The van der Waals surface area contributed by atoms with E-state index in [0.29, 0.717) is 13.1 Å². The van der Waals surface area contributed by atoms with Crippen molar-refractivity contribution in [1.82, 2.24) is 10.2 Å². The van der Waals surface area contributed by atoms with Crippen molar-refractivity contribution in [3.8, 4) is 11.5 Å². The molecule has 0 saturated carbocycles. The molecule has 0 aromatic heterocycles. The summed E-state index contributed by atoms with van der Waals surface area (Å²) in [5.74, 6) is -0.351. The maximum Gasteiger partial charge on any atom is 0.408 e. The summed E-state index contributed by atoms with van der Waals surface area (Å²) in [5, 5.41) is 12.9. The van der Waals surface area contributed by atoms with Crippen molar-refractivity contribution in [3.05, 3.63) is 23.8 Å². The first-order valence-electron chi connectivity index (χ1n) is 6.32. The van der Waals surface area contributed by atoms with Crippen molar-refractivity contribution in [1.29, 1.82) is 0 Å². The molecule has 0 bridgehead atoms. The van der Waals surface area contributed by atoms with E-state index in [4.69, 9.17) is 4.74 Å². The molecule has 0 amide bonds. The number of nitrogens with zero attached hydrogens (tertiary/aromatic N) is 1. The van der Waals surface area contributed by atoms with Crippen LogP contribution in [0.2, 0.25) is 0 Å². The summed E-state index contributed by atoms with van der Waals surface area (Å²) in [4.78, 5) is 1.31. The van der Waals surface area contributed by atoms with Crippen LogP contribution in [0.15, 0.2) is 18.2 Å². The SMILES string of the molecule is COc1cccc(O)c1[C@H](N1CCNCC1)C(F)(F)F.Cl.Cl. The van der Waals surface area contributed by atoms with Crippen molar-refractivity contribution >= 4 is 24.8 Å². The summed E-state index contributed by atoms with van der Waals surface area (Å²) in [6.45, 7) is 1.51. The Kier molecular flexibility index (Phi) is 8.32. The minimum absolute atomic E-state index is 0. The standard InChI is InChI=1S/C13H17F3N2O2.2ClH/c1-20-10-4-2-3-9(19)11(10)12(13(14,15)16)18-7-5-17-6-8-18;;/h2-4,12,17,19H,5-8H2,1H3;2*1H/t12-;;/m0../s1. The van der Waals surface area contributed by atoms with Gasteiger partial charge in [-0.2, -0.15) is 13.2 Å². The zero-order valence-corrected chi connectivity index (χ0v) is 13.5. The first-order chi connectivity index (χ1) is 9.45. The van der Waals surface area contributed by atoms with Crippen molar-refractivity contribution in [3.63, 3.8) is 0 Å². The third-order valence-corrected chi connectivity index (χ3v) is 3.36. The molecule has 0 unspecified atom stereocenters. The Morgan fingerprint density at radius 1 is 1.23 bits per heavy atom. The number of aromatic hydroxyl groups is 1. The number of benzene rings is 1. The molecule has 22 heavy (non-hydrogen) atoms. The quantitative estimate of drug-likeness (QED) is 0.867. The van der Waals surface area contributed by atoms with E-state index in [1.807, 2.05) is 0 Å². The van der Waals surface area contributed by atoms with Crippen LogP contribution in [-0.2, 0) is 0 Å². The van der Waals surface area contributed by atoms with E-state index in [2.05, 4.69) is 5.32 Å². The molecule has 0 radical (unpaired) electrons. The summed E-state index contributed by atoms with van der Waals surface area (Å²) in [5.41, 5.74) is -0.218. The molecule has 1 heterocycles. The molecule has 1 fully saturated rings. The molecule has 1 aromatic carbocycles. The van der Waals surface area contributed by atoms with Gasteiger partial charge in [-0.25, -0.2) is 0 Å². The molecular weight excluding hydrogens is 344 g/mol. The first kappa shape index (κ1) is 21.1. The van der Waals surface area contributed by atoms with Crippen LogP contribution in [0.4, 0.5) is 13.2 Å². The molecule has 4 nitrogen and oxygen atoms in total. The fourth-order valence-corrected chi connectivity index (χ4v) is 2.48. The highest BCUT2D eigenvalue weighted by molar-refractivity contribution is 5.85. The van der Waals surface area contributed by atoms with Crippen molar-refractivity contribution < 1.29 is 23.0 Å². The highest BCUT2D eigenvalue weighted by Crippen LogP contribution is 2.45. The number of methoxy groups -OCH3 is 1. The van der Waals surface area contributed by atoms with Gasteiger partial charge in [-0.3, -0.25) is 4.90 Å². The minimum atomic E-state index is -4.48. The Bertz CT molecular complexity index is 469. The Morgan fingerprint density at radius 3 is 2.32 bits per heavy atom. The number of rotatable bonds is 3. The Balaban J connectivity index is 0.00000220. The second-order valence-electron chi connectivity index (χ2n) is 4.62. The predicted octanol–water partition coefficient (Wildman–Crippen LogP) is 2.75. The second kappa shape index (κ2) is 8.67. The van der Waals surface area contributed by atoms with Gasteiger partial charge in [0.2, 0.25) is 0 Å². The number of ether oxygens (including phenoxy) is 1. The van der Waals surface area contributed by atoms with E-state index in [1.165, 1.54) is 30.2 Å². The van der Waals surface area contributed by atoms with Crippen LogP contribution in [0.5, 0.6) is 11.5 Å². The van der Waals surface area contributed by atoms with E-state index in [9.17, 15) is 18.3 Å². The van der Waals surface area contributed by atoms with Gasteiger partial charge in [-0.1, -0.05) is 6.07 Å². The number of halogens is 5. The van der Waals surface area contributed by atoms with Gasteiger partial charge in [0.15, 0.2) is 0 Å². The lowest BCUT2D eigenvalue weighted by atomic mass is 10.0. The highest BCUT2D eigenvalue weighted by atomic mass is 35.5. The molecular formula is C13H19Cl2F3N2O2. The van der Waals surface area contributed by atoms with Gasteiger partial charge < -0.3 is 15.2 Å². The van der Waals surface area contributed by atoms with Gasteiger partial charge in [0, 0.05) is 26.2 Å². The van der Waals surface area contributed by atoms with Gasteiger partial charge >= 0.3 is 6.18 Å². The van der Waals surface area contributed by atoms with Crippen LogP contribution in [0.25, 0.3) is 0 Å². The smallest absolute Gasteiger partial charge is 0.408 e. The van der Waals surface area contributed by atoms with Crippen LogP contribution in [-0.4, -0.2) is 49.5 Å². The van der Waals surface area contributed by atoms with E-state index < -0.39 is 18.0 Å². The molecule has 128 valence electrons. The number of nitrogens with one attached hydrogen (secondary N) is 1. The van der Waals surface area contributed by atoms with E-state index >= 15 is 0 Å². The molecule has 2 rings (SSSR count). The number of phenols is 1. The van der Waals surface area contributed by atoms with Crippen LogP contribution in [0, 0.1) is 0 Å². The summed E-state index contributed by atoms with van der Waals surface area (Å²) < 4.78 is 45.4. The average Bonchev–Trinajstić information content (AvgIpc) is 2.40. The summed E-state index contributed by atoms with van der Waals surface area (Å²) in [6, 6.07) is 2.28. The van der Waals surface area contributed by atoms with Crippen LogP contribution in [0.1, 0.15) is 11.6 Å². The fourth-order valence-electron chi connectivity index (χ4n) is 2.48. The Labute approximate surface area is 139 Å². The number of phenolic OH excluding ortho intramolecular Hbond substituents is 1. The van der Waals surface area contributed by atoms with Crippen molar-refractivity contribution in [2.75, 3.05) is 33.3 Å². The van der Waals surface area contributed by atoms with Crippen LogP contribution < -0.4 is 10.1 Å². The average molecular weight is 363 g/mol. The molecule has 9 heteroatoms. The third-order valence-electron chi connectivity index (χ3n) is 3.36. The fraction of sp³-hybridized carbons (Fsp3) is 0.538. The van der Waals surface area contributed by atoms with Gasteiger partial charge in [-0.05, 0) is 12.1 Å². The largest absolute Gasteiger partial charge is 0.507 e. The molecule has 2 N–H and O–H groups in total. The predicted molar refractivity (Wildman–Crippen MR) is 82.4 cm³/mol. The van der Waals surface area contributed by atoms with E-state index in [0.717, 1.165) is 0 Å². The summed E-state index contributed by atoms with van der Waals surface area (Å²) in [6.07, 6.45) is -4.48. The van der Waals surface area contributed by atoms with Gasteiger partial charge in [-0.15, -0.1) is 24.8 Å². The molecule has 1 aliphatic heterocycles. The molecule has 1 saturated heterocycles. The van der Waals surface area contributed by atoms with Crippen molar-refractivity contribution in [2.24, 2.45) is 0 Å². The zero-order chi connectivity index (χ0) is 14.8. The molecule has 1 aliphatic rings. The molecule has 1 aromatic rings. The van der Waals surface area contributed by atoms with Gasteiger partial charge in [0.25, 0.3) is 0 Å². The summed E-state index contributed by atoms with van der Waals surface area (Å²) >= 11 is 0. The highest BCUT2D eigenvalue weighted by Gasteiger charge is 2.47. The maximum atomic E-state index is 13.5. The Hall–Kier alpha value is -0.890. The first-order valence-corrected chi connectivity index (χ1v) is 6.32. The minimum Gasteiger partial charge on any atom is -0.507 e. The van der Waals surface area contributed by atoms with E-state index in [1.54, 1.807) is 0 Å². The second-order valence-corrected chi connectivity index (χ2v) is 4.62. The molecule has 0 spiro atoms. The van der Waals surface area contributed by atoms with Crippen molar-refractivity contribution in [2.45, 2.75) is 12.2 Å². The third kappa shape index (κ3) is 4.55. The van der Waals surface area contributed by atoms with Gasteiger partial charge in [0.05, 0.1) is 12.7 Å². The summed E-state index contributed by atoms with van der Waals surface area (Å²) in [7, 11) is 1.30. The van der Waals surface area contributed by atoms with Gasteiger partial charge in [0.1, 0.15) is 17.5 Å². The van der Waals surface area contributed by atoms with Crippen LogP contribution in [0.3, 0.4) is 0 Å². The zero-order valence-electron chi connectivity index (χ0n) is 11.9. The molecule has 1 atom stereocenters. The number of piperazine rings is 1. The number of hydrogen-bond acceptors (Lipinski definition) is 4. The lowest BCUT2D eigenvalue weighted by Crippen LogP contribution is -2.49. The monoisotopic (exact) mass is 362 g/mol. The normalized spacial score (nSPS) is 17.1. The Morgan fingerprint density at radius 2 is 1.82 bits per heavy atom. The number of alkyl halides is 3.